The molecule has 0 unspecified atom stereocenters. The SMILES string of the molecule is CCn1ccnc1NCc1cc(N)ccc1O. The first kappa shape index (κ1) is 11.3. The molecule has 1 heterocycles. The smallest absolute Gasteiger partial charge is 0.203 e. The van der Waals surface area contributed by atoms with Crippen molar-refractivity contribution in [1.29, 1.82) is 0 Å². The molecule has 0 atom stereocenters. The van der Waals surface area contributed by atoms with Crippen LogP contribution in [0.1, 0.15) is 12.5 Å². The Hall–Kier alpha value is -2.17. The second-order valence-electron chi connectivity index (χ2n) is 3.78. The van der Waals surface area contributed by atoms with Crippen LogP contribution in [-0.2, 0) is 13.1 Å². The van der Waals surface area contributed by atoms with Gasteiger partial charge in [0.1, 0.15) is 5.75 Å². The van der Waals surface area contributed by atoms with Crippen LogP contribution in [0.4, 0.5) is 11.6 Å². The lowest BCUT2D eigenvalue weighted by Gasteiger charge is -2.09. The van der Waals surface area contributed by atoms with E-state index in [2.05, 4.69) is 10.3 Å². The molecule has 0 aliphatic carbocycles. The van der Waals surface area contributed by atoms with Gasteiger partial charge in [-0.05, 0) is 25.1 Å². The number of nitrogen functional groups attached to an aromatic ring is 1. The summed E-state index contributed by atoms with van der Waals surface area (Å²) in [4.78, 5) is 4.19. The number of aromatic hydroxyl groups is 1. The van der Waals surface area contributed by atoms with Crippen LogP contribution in [0, 0.1) is 0 Å². The number of hydrogen-bond acceptors (Lipinski definition) is 4. The number of phenolic OH excluding ortho intramolecular Hbond substituents is 1. The third-order valence-corrected chi connectivity index (χ3v) is 2.60. The molecule has 0 saturated carbocycles. The van der Waals surface area contributed by atoms with E-state index in [4.69, 9.17) is 5.73 Å². The van der Waals surface area contributed by atoms with Crippen molar-refractivity contribution in [2.75, 3.05) is 11.1 Å². The van der Waals surface area contributed by atoms with E-state index in [9.17, 15) is 5.11 Å². The zero-order chi connectivity index (χ0) is 12.3. The molecule has 0 aliphatic heterocycles. The second-order valence-corrected chi connectivity index (χ2v) is 3.78. The molecule has 0 radical (unpaired) electrons. The zero-order valence-corrected chi connectivity index (χ0v) is 9.72. The van der Waals surface area contributed by atoms with E-state index in [0.717, 1.165) is 18.1 Å². The Labute approximate surface area is 99.9 Å². The normalized spacial score (nSPS) is 10.4. The maximum atomic E-state index is 9.67. The Bertz CT molecular complexity index is 507. The number of aryl methyl sites for hydroxylation is 1. The summed E-state index contributed by atoms with van der Waals surface area (Å²) >= 11 is 0. The van der Waals surface area contributed by atoms with Crippen LogP contribution >= 0.6 is 0 Å². The van der Waals surface area contributed by atoms with Gasteiger partial charge < -0.3 is 20.7 Å². The summed E-state index contributed by atoms with van der Waals surface area (Å²) in [6, 6.07) is 5.02. The number of nitrogens with one attached hydrogen (secondary N) is 1. The second kappa shape index (κ2) is 4.78. The van der Waals surface area contributed by atoms with Gasteiger partial charge in [0.15, 0.2) is 0 Å². The minimum atomic E-state index is 0.237. The van der Waals surface area contributed by atoms with Gasteiger partial charge in [-0.25, -0.2) is 4.98 Å². The highest BCUT2D eigenvalue weighted by Gasteiger charge is 2.04. The van der Waals surface area contributed by atoms with Crippen molar-refractivity contribution in [3.63, 3.8) is 0 Å². The highest BCUT2D eigenvalue weighted by molar-refractivity contribution is 5.48. The van der Waals surface area contributed by atoms with Crippen molar-refractivity contribution in [2.45, 2.75) is 20.0 Å². The Morgan fingerprint density at radius 3 is 3.06 bits per heavy atom. The first-order valence-electron chi connectivity index (χ1n) is 5.53. The molecule has 0 fully saturated rings. The maximum Gasteiger partial charge on any atom is 0.203 e. The molecule has 17 heavy (non-hydrogen) atoms. The standard InChI is InChI=1S/C12H16N4O/c1-2-16-6-5-14-12(16)15-8-9-7-10(13)3-4-11(9)17/h3-7,17H,2,8,13H2,1H3,(H,14,15). The molecular formula is C12H16N4O. The monoisotopic (exact) mass is 232 g/mol. The van der Waals surface area contributed by atoms with Gasteiger partial charge in [0.25, 0.3) is 0 Å². The van der Waals surface area contributed by atoms with Gasteiger partial charge >= 0.3 is 0 Å². The van der Waals surface area contributed by atoms with Crippen LogP contribution < -0.4 is 11.1 Å². The molecule has 5 heteroatoms. The number of rotatable bonds is 4. The fraction of sp³-hybridized carbons (Fsp3) is 0.250. The van der Waals surface area contributed by atoms with E-state index in [1.807, 2.05) is 17.7 Å². The van der Waals surface area contributed by atoms with E-state index < -0.39 is 0 Å². The van der Waals surface area contributed by atoms with E-state index in [1.54, 1.807) is 24.4 Å². The Morgan fingerprint density at radius 2 is 2.29 bits per heavy atom. The van der Waals surface area contributed by atoms with Gasteiger partial charge in [-0.2, -0.15) is 0 Å². The van der Waals surface area contributed by atoms with Crippen molar-refractivity contribution in [3.8, 4) is 5.75 Å². The summed E-state index contributed by atoms with van der Waals surface area (Å²) in [6.45, 7) is 3.39. The molecule has 0 amide bonds. The Morgan fingerprint density at radius 1 is 1.47 bits per heavy atom. The fourth-order valence-corrected chi connectivity index (χ4v) is 1.65. The number of phenols is 1. The molecule has 1 aromatic heterocycles. The van der Waals surface area contributed by atoms with Crippen LogP contribution in [0.5, 0.6) is 5.75 Å². The molecule has 2 aromatic rings. The third kappa shape index (κ3) is 2.50. The number of nitrogens with two attached hydrogens (primary N) is 1. The molecule has 4 N–H and O–H groups in total. The van der Waals surface area contributed by atoms with Crippen LogP contribution in [-0.4, -0.2) is 14.7 Å². The molecule has 0 aliphatic rings. The summed E-state index contributed by atoms with van der Waals surface area (Å²) in [5.41, 5.74) is 7.07. The minimum Gasteiger partial charge on any atom is -0.508 e. The molecule has 5 nitrogen and oxygen atoms in total. The van der Waals surface area contributed by atoms with Crippen molar-refractivity contribution in [1.82, 2.24) is 9.55 Å². The van der Waals surface area contributed by atoms with E-state index in [-0.39, 0.29) is 5.75 Å². The Kier molecular flexibility index (Phi) is 3.18. The van der Waals surface area contributed by atoms with Gasteiger partial charge in [-0.3, -0.25) is 0 Å². The summed E-state index contributed by atoms with van der Waals surface area (Å²) < 4.78 is 1.99. The predicted octanol–water partition coefficient (Wildman–Crippen LogP) is 1.80. The van der Waals surface area contributed by atoms with Gasteiger partial charge in [-0.1, -0.05) is 0 Å². The molecular weight excluding hydrogens is 216 g/mol. The van der Waals surface area contributed by atoms with E-state index >= 15 is 0 Å². The summed E-state index contributed by atoms with van der Waals surface area (Å²) in [5, 5.41) is 12.8. The number of aromatic nitrogens is 2. The average Bonchev–Trinajstić information content (AvgIpc) is 2.77. The zero-order valence-electron chi connectivity index (χ0n) is 9.72. The van der Waals surface area contributed by atoms with Crippen molar-refractivity contribution >= 4 is 11.6 Å². The largest absolute Gasteiger partial charge is 0.508 e. The lowest BCUT2D eigenvalue weighted by atomic mass is 10.2. The number of anilines is 2. The average molecular weight is 232 g/mol. The van der Waals surface area contributed by atoms with Gasteiger partial charge in [0.2, 0.25) is 5.95 Å². The van der Waals surface area contributed by atoms with Gasteiger partial charge in [0.05, 0.1) is 0 Å². The third-order valence-electron chi connectivity index (χ3n) is 2.60. The highest BCUT2D eigenvalue weighted by Crippen LogP contribution is 2.20. The van der Waals surface area contributed by atoms with Crippen LogP contribution in [0.3, 0.4) is 0 Å². The van der Waals surface area contributed by atoms with Crippen LogP contribution in [0.2, 0.25) is 0 Å². The first-order valence-corrected chi connectivity index (χ1v) is 5.53. The minimum absolute atomic E-state index is 0.237. The number of benzene rings is 1. The molecule has 1 aromatic carbocycles. The van der Waals surface area contributed by atoms with Crippen LogP contribution in [0.25, 0.3) is 0 Å². The first-order chi connectivity index (χ1) is 8.20. The molecule has 0 spiro atoms. The lowest BCUT2D eigenvalue weighted by Crippen LogP contribution is -2.06. The number of imidazole rings is 1. The number of hydrogen-bond donors (Lipinski definition) is 3. The highest BCUT2D eigenvalue weighted by atomic mass is 16.3. The summed E-state index contributed by atoms with van der Waals surface area (Å²) in [5.74, 6) is 1.02. The Balaban J connectivity index is 2.09. The van der Waals surface area contributed by atoms with E-state index in [1.165, 1.54) is 0 Å². The summed E-state index contributed by atoms with van der Waals surface area (Å²) in [7, 11) is 0. The van der Waals surface area contributed by atoms with Crippen molar-refractivity contribution in [2.24, 2.45) is 0 Å². The fourth-order valence-electron chi connectivity index (χ4n) is 1.65. The molecule has 0 bridgehead atoms. The van der Waals surface area contributed by atoms with Crippen LogP contribution in [0.15, 0.2) is 30.6 Å². The molecule has 90 valence electrons. The summed E-state index contributed by atoms with van der Waals surface area (Å²) in [6.07, 6.45) is 3.65. The quantitative estimate of drug-likeness (QED) is 0.555. The topological polar surface area (TPSA) is 76.1 Å². The van der Waals surface area contributed by atoms with E-state index in [0.29, 0.717) is 12.2 Å². The maximum absolute atomic E-state index is 9.67. The number of nitrogens with zero attached hydrogens (tertiary/aromatic N) is 2. The molecule has 0 saturated heterocycles. The van der Waals surface area contributed by atoms with Gasteiger partial charge in [-0.15, -0.1) is 0 Å². The molecule has 2 rings (SSSR count). The predicted molar refractivity (Wildman–Crippen MR) is 67.7 cm³/mol. The van der Waals surface area contributed by atoms with Crippen molar-refractivity contribution in [3.05, 3.63) is 36.2 Å². The van der Waals surface area contributed by atoms with Gasteiger partial charge in [0, 0.05) is 36.7 Å². The van der Waals surface area contributed by atoms with Crippen molar-refractivity contribution < 1.29 is 5.11 Å². The lowest BCUT2D eigenvalue weighted by molar-refractivity contribution is 0.469.